The molecular weight excluding hydrogens is 217 g/mol. The van der Waals surface area contributed by atoms with Crippen LogP contribution in [0.2, 0.25) is 5.02 Å². The molecule has 0 saturated heterocycles. The fraction of sp³-hybridized carbons (Fsp3) is 0.455. The van der Waals surface area contributed by atoms with E-state index in [0.29, 0.717) is 5.56 Å². The second-order valence-electron chi connectivity index (χ2n) is 4.00. The molecule has 0 spiro atoms. The van der Waals surface area contributed by atoms with Crippen molar-refractivity contribution in [2.24, 2.45) is 11.7 Å². The molecule has 1 saturated carbocycles. The molecule has 2 rings (SSSR count). The maximum Gasteiger partial charge on any atom is 0.146 e. The number of nitrogens with two attached hydrogens (primary N) is 1. The van der Waals surface area contributed by atoms with E-state index in [1.165, 1.54) is 6.07 Å². The largest absolute Gasteiger partial charge is 0.391 e. The summed E-state index contributed by atoms with van der Waals surface area (Å²) in [6.45, 7) is 0. The number of hydrogen-bond donors (Lipinski definition) is 2. The molecule has 0 unspecified atom stereocenters. The summed E-state index contributed by atoms with van der Waals surface area (Å²) in [5.41, 5.74) is 6.09. The topological polar surface area (TPSA) is 46.2 Å². The molecule has 2 atom stereocenters. The molecule has 0 aliphatic heterocycles. The summed E-state index contributed by atoms with van der Waals surface area (Å²) in [5, 5.41) is 9.84. The molecule has 1 fully saturated rings. The Bertz CT molecular complexity index is 368. The van der Waals surface area contributed by atoms with Gasteiger partial charge in [-0.05, 0) is 24.8 Å². The van der Waals surface area contributed by atoms with Gasteiger partial charge in [-0.2, -0.15) is 0 Å². The number of aliphatic hydroxyl groups excluding tert-OH is 1. The van der Waals surface area contributed by atoms with Gasteiger partial charge in [-0.15, -0.1) is 0 Å². The highest BCUT2D eigenvalue weighted by atomic mass is 35.5. The molecule has 0 radical (unpaired) electrons. The second-order valence-corrected chi connectivity index (χ2v) is 4.40. The third kappa shape index (κ3) is 2.14. The molecule has 2 nitrogen and oxygen atoms in total. The van der Waals surface area contributed by atoms with Gasteiger partial charge in [0.2, 0.25) is 0 Å². The first kappa shape index (κ1) is 10.9. The predicted octanol–water partition coefficient (Wildman–Crippen LogP) is 2.25. The van der Waals surface area contributed by atoms with E-state index >= 15 is 0 Å². The van der Waals surface area contributed by atoms with E-state index in [1.807, 2.05) is 0 Å². The van der Waals surface area contributed by atoms with E-state index in [0.717, 1.165) is 12.8 Å². The normalized spacial score (nSPS) is 20.0. The van der Waals surface area contributed by atoms with Crippen molar-refractivity contribution in [3.05, 3.63) is 34.6 Å². The Labute approximate surface area is 92.9 Å². The van der Waals surface area contributed by atoms with Crippen molar-refractivity contribution in [3.8, 4) is 0 Å². The van der Waals surface area contributed by atoms with Crippen LogP contribution in [0.15, 0.2) is 18.2 Å². The molecule has 3 N–H and O–H groups in total. The first-order valence-corrected chi connectivity index (χ1v) is 5.36. The molecule has 0 bridgehead atoms. The lowest BCUT2D eigenvalue weighted by atomic mass is 9.99. The van der Waals surface area contributed by atoms with Gasteiger partial charge in [0.1, 0.15) is 5.82 Å². The Morgan fingerprint density at radius 2 is 2.13 bits per heavy atom. The molecule has 1 aromatic carbocycles. The van der Waals surface area contributed by atoms with Gasteiger partial charge < -0.3 is 10.8 Å². The van der Waals surface area contributed by atoms with Gasteiger partial charge in [-0.3, -0.25) is 0 Å². The summed E-state index contributed by atoms with van der Waals surface area (Å²) in [7, 11) is 0. The highest BCUT2D eigenvalue weighted by molar-refractivity contribution is 6.30. The summed E-state index contributed by atoms with van der Waals surface area (Å²) in [4.78, 5) is 0. The molecule has 0 heterocycles. The van der Waals surface area contributed by atoms with E-state index < -0.39 is 18.0 Å². The van der Waals surface area contributed by atoms with Crippen LogP contribution in [-0.2, 0) is 0 Å². The maximum absolute atomic E-state index is 13.6. The van der Waals surface area contributed by atoms with Gasteiger partial charge in [-0.1, -0.05) is 23.7 Å². The van der Waals surface area contributed by atoms with E-state index in [-0.39, 0.29) is 10.9 Å². The Morgan fingerprint density at radius 3 is 2.73 bits per heavy atom. The minimum atomic E-state index is -0.684. The minimum absolute atomic E-state index is 0.0472. The lowest BCUT2D eigenvalue weighted by Gasteiger charge is -2.19. The van der Waals surface area contributed by atoms with E-state index in [1.54, 1.807) is 12.1 Å². The van der Waals surface area contributed by atoms with Gasteiger partial charge >= 0.3 is 0 Å². The van der Waals surface area contributed by atoms with Crippen molar-refractivity contribution in [3.63, 3.8) is 0 Å². The van der Waals surface area contributed by atoms with E-state index in [2.05, 4.69) is 0 Å². The molecule has 0 amide bonds. The van der Waals surface area contributed by atoms with Crippen LogP contribution in [0.3, 0.4) is 0 Å². The average molecular weight is 230 g/mol. The fourth-order valence-corrected chi connectivity index (χ4v) is 1.87. The average Bonchev–Trinajstić information content (AvgIpc) is 3.03. The Kier molecular flexibility index (Phi) is 2.96. The number of rotatable bonds is 3. The van der Waals surface area contributed by atoms with Crippen LogP contribution in [0.5, 0.6) is 0 Å². The number of benzene rings is 1. The highest BCUT2D eigenvalue weighted by Gasteiger charge is 2.35. The molecular formula is C11H13ClFNO. The van der Waals surface area contributed by atoms with Crippen LogP contribution in [0, 0.1) is 11.7 Å². The van der Waals surface area contributed by atoms with E-state index in [9.17, 15) is 9.50 Å². The fourth-order valence-electron chi connectivity index (χ4n) is 1.69. The van der Waals surface area contributed by atoms with Gasteiger partial charge in [-0.25, -0.2) is 4.39 Å². The molecule has 82 valence electrons. The summed E-state index contributed by atoms with van der Waals surface area (Å²) in [6, 6.07) is 3.99. The first-order chi connectivity index (χ1) is 7.11. The van der Waals surface area contributed by atoms with Crippen molar-refractivity contribution in [2.45, 2.75) is 25.0 Å². The molecule has 0 aromatic heterocycles. The van der Waals surface area contributed by atoms with Crippen molar-refractivity contribution in [1.82, 2.24) is 0 Å². The standard InChI is InChI=1S/C11H13ClFNO/c12-8-3-1-2-7(9(8)13)10(14)11(15)6-4-5-6/h1-3,6,10-11,15H,4-5,14H2/t10-,11+/m1/s1. The van der Waals surface area contributed by atoms with Crippen LogP contribution in [0.1, 0.15) is 24.4 Å². The summed E-state index contributed by atoms with van der Waals surface area (Å²) >= 11 is 5.65. The SMILES string of the molecule is N[C@H](c1cccc(Cl)c1F)[C@@H](O)C1CC1. The lowest BCUT2D eigenvalue weighted by Crippen LogP contribution is -2.28. The van der Waals surface area contributed by atoms with Gasteiger partial charge in [0.05, 0.1) is 17.2 Å². The summed E-state index contributed by atoms with van der Waals surface area (Å²) in [5.74, 6) is -0.301. The second kappa shape index (κ2) is 4.08. The van der Waals surface area contributed by atoms with Gasteiger partial charge in [0, 0.05) is 5.56 Å². The Morgan fingerprint density at radius 1 is 1.47 bits per heavy atom. The van der Waals surface area contributed by atoms with Crippen LogP contribution >= 0.6 is 11.6 Å². The Balaban J connectivity index is 2.24. The zero-order chi connectivity index (χ0) is 11.0. The third-order valence-corrected chi connectivity index (χ3v) is 3.11. The van der Waals surface area contributed by atoms with Gasteiger partial charge in [0.25, 0.3) is 0 Å². The molecule has 1 aliphatic carbocycles. The molecule has 4 heteroatoms. The van der Waals surface area contributed by atoms with Crippen LogP contribution < -0.4 is 5.73 Å². The summed E-state index contributed by atoms with van der Waals surface area (Å²) < 4.78 is 13.6. The Hall–Kier alpha value is -0.640. The lowest BCUT2D eigenvalue weighted by molar-refractivity contribution is 0.121. The van der Waals surface area contributed by atoms with Gasteiger partial charge in [0.15, 0.2) is 0 Å². The zero-order valence-corrected chi connectivity index (χ0v) is 8.91. The highest BCUT2D eigenvalue weighted by Crippen LogP contribution is 2.38. The van der Waals surface area contributed by atoms with Crippen LogP contribution in [0.4, 0.5) is 4.39 Å². The molecule has 15 heavy (non-hydrogen) atoms. The maximum atomic E-state index is 13.6. The molecule has 1 aliphatic rings. The third-order valence-electron chi connectivity index (χ3n) is 2.81. The van der Waals surface area contributed by atoms with Crippen LogP contribution in [0.25, 0.3) is 0 Å². The van der Waals surface area contributed by atoms with Crippen LogP contribution in [-0.4, -0.2) is 11.2 Å². The number of hydrogen-bond acceptors (Lipinski definition) is 2. The number of aliphatic hydroxyl groups is 1. The monoisotopic (exact) mass is 229 g/mol. The van der Waals surface area contributed by atoms with Crippen molar-refractivity contribution in [1.29, 1.82) is 0 Å². The predicted molar refractivity (Wildman–Crippen MR) is 57.1 cm³/mol. The zero-order valence-electron chi connectivity index (χ0n) is 8.16. The summed E-state index contributed by atoms with van der Waals surface area (Å²) in [6.07, 6.45) is 1.27. The van der Waals surface area contributed by atoms with Crippen molar-refractivity contribution >= 4 is 11.6 Å². The smallest absolute Gasteiger partial charge is 0.146 e. The van der Waals surface area contributed by atoms with Crippen molar-refractivity contribution in [2.75, 3.05) is 0 Å². The van der Waals surface area contributed by atoms with Crippen molar-refractivity contribution < 1.29 is 9.50 Å². The molecule has 1 aromatic rings. The minimum Gasteiger partial charge on any atom is -0.391 e. The van der Waals surface area contributed by atoms with E-state index in [4.69, 9.17) is 17.3 Å². The first-order valence-electron chi connectivity index (χ1n) is 4.99. The number of halogens is 2. The quantitative estimate of drug-likeness (QED) is 0.835.